The van der Waals surface area contributed by atoms with Gasteiger partial charge in [0.2, 0.25) is 5.91 Å². The molecular weight excluding hydrogens is 196 g/mol. The highest BCUT2D eigenvalue weighted by molar-refractivity contribution is 5.80. The van der Waals surface area contributed by atoms with Gasteiger partial charge in [-0.3, -0.25) is 9.59 Å². The van der Waals surface area contributed by atoms with Crippen molar-refractivity contribution in [2.24, 2.45) is 11.7 Å². The second-order valence-electron chi connectivity index (χ2n) is 4.42. The van der Waals surface area contributed by atoms with Crippen molar-refractivity contribution in [3.8, 4) is 0 Å². The predicted molar refractivity (Wildman–Crippen MR) is 57.3 cm³/mol. The molecule has 15 heavy (non-hydrogen) atoms. The van der Waals surface area contributed by atoms with Crippen molar-refractivity contribution >= 4 is 11.9 Å². The maximum absolute atomic E-state index is 11.6. The third-order valence-corrected chi connectivity index (χ3v) is 2.10. The molecule has 0 aromatic rings. The Labute approximate surface area is 90.0 Å². The maximum atomic E-state index is 11.6. The summed E-state index contributed by atoms with van der Waals surface area (Å²) in [6.07, 6.45) is 0.517. The molecule has 0 aliphatic rings. The lowest BCUT2D eigenvalue weighted by Crippen LogP contribution is -2.47. The summed E-state index contributed by atoms with van der Waals surface area (Å²) in [4.78, 5) is 22.1. The molecular formula is C10H20N2O3. The highest BCUT2D eigenvalue weighted by Crippen LogP contribution is 2.10. The van der Waals surface area contributed by atoms with Crippen LogP contribution in [0.3, 0.4) is 0 Å². The number of nitrogens with one attached hydrogen (secondary N) is 1. The molecule has 0 spiro atoms. The SMILES string of the molecule is CC(CCN)C(=O)NC(C)(C)CC(=O)O. The lowest BCUT2D eigenvalue weighted by atomic mass is 9.98. The van der Waals surface area contributed by atoms with Gasteiger partial charge in [0.1, 0.15) is 0 Å². The molecule has 0 aliphatic heterocycles. The minimum Gasteiger partial charge on any atom is -0.481 e. The van der Waals surface area contributed by atoms with E-state index in [0.717, 1.165) is 0 Å². The monoisotopic (exact) mass is 216 g/mol. The van der Waals surface area contributed by atoms with E-state index in [-0.39, 0.29) is 18.2 Å². The Hall–Kier alpha value is -1.10. The molecule has 0 aliphatic carbocycles. The van der Waals surface area contributed by atoms with Gasteiger partial charge in [0.25, 0.3) is 0 Å². The van der Waals surface area contributed by atoms with Gasteiger partial charge in [-0.2, -0.15) is 0 Å². The second-order valence-corrected chi connectivity index (χ2v) is 4.42. The Morgan fingerprint density at radius 3 is 2.40 bits per heavy atom. The number of carbonyl (C=O) groups excluding carboxylic acids is 1. The molecule has 0 fully saturated rings. The number of carbonyl (C=O) groups is 2. The fourth-order valence-corrected chi connectivity index (χ4v) is 1.26. The summed E-state index contributed by atoms with van der Waals surface area (Å²) in [5.74, 6) is -1.25. The van der Waals surface area contributed by atoms with E-state index in [1.54, 1.807) is 20.8 Å². The van der Waals surface area contributed by atoms with Crippen LogP contribution in [0.15, 0.2) is 0 Å². The smallest absolute Gasteiger partial charge is 0.305 e. The zero-order valence-corrected chi connectivity index (χ0v) is 9.54. The molecule has 5 nitrogen and oxygen atoms in total. The molecule has 1 atom stereocenters. The van der Waals surface area contributed by atoms with Crippen LogP contribution in [0, 0.1) is 5.92 Å². The van der Waals surface area contributed by atoms with Gasteiger partial charge >= 0.3 is 5.97 Å². The fraction of sp³-hybridized carbons (Fsp3) is 0.800. The highest BCUT2D eigenvalue weighted by atomic mass is 16.4. The number of nitrogens with two attached hydrogens (primary N) is 1. The Balaban J connectivity index is 4.20. The number of carboxylic acid groups (broad SMARTS) is 1. The number of carboxylic acids is 1. The van der Waals surface area contributed by atoms with E-state index in [1.165, 1.54) is 0 Å². The van der Waals surface area contributed by atoms with Crippen LogP contribution in [0.2, 0.25) is 0 Å². The summed E-state index contributed by atoms with van der Waals surface area (Å²) in [6.45, 7) is 5.61. The van der Waals surface area contributed by atoms with E-state index in [4.69, 9.17) is 10.8 Å². The zero-order chi connectivity index (χ0) is 12.1. The van der Waals surface area contributed by atoms with Crippen molar-refractivity contribution in [2.45, 2.75) is 39.2 Å². The highest BCUT2D eigenvalue weighted by Gasteiger charge is 2.25. The molecule has 88 valence electrons. The van der Waals surface area contributed by atoms with E-state index in [2.05, 4.69) is 5.32 Å². The van der Waals surface area contributed by atoms with Crippen LogP contribution in [-0.4, -0.2) is 29.1 Å². The lowest BCUT2D eigenvalue weighted by Gasteiger charge is -2.26. The van der Waals surface area contributed by atoms with Crippen LogP contribution in [0.1, 0.15) is 33.6 Å². The first kappa shape index (κ1) is 13.9. The first-order chi connectivity index (χ1) is 6.78. The van der Waals surface area contributed by atoms with Crippen molar-refractivity contribution in [2.75, 3.05) is 6.54 Å². The van der Waals surface area contributed by atoms with Crippen molar-refractivity contribution < 1.29 is 14.7 Å². The first-order valence-electron chi connectivity index (χ1n) is 5.02. The average molecular weight is 216 g/mol. The van der Waals surface area contributed by atoms with Crippen LogP contribution in [0.25, 0.3) is 0 Å². The van der Waals surface area contributed by atoms with Gasteiger partial charge in [0.15, 0.2) is 0 Å². The van der Waals surface area contributed by atoms with Gasteiger partial charge in [-0.25, -0.2) is 0 Å². The summed E-state index contributed by atoms with van der Waals surface area (Å²) >= 11 is 0. The fourth-order valence-electron chi connectivity index (χ4n) is 1.26. The van der Waals surface area contributed by atoms with Gasteiger partial charge in [0, 0.05) is 11.5 Å². The first-order valence-corrected chi connectivity index (χ1v) is 5.02. The summed E-state index contributed by atoms with van der Waals surface area (Å²) in [6, 6.07) is 0. The topological polar surface area (TPSA) is 92.4 Å². The molecule has 0 radical (unpaired) electrons. The molecule has 5 heteroatoms. The Bertz CT molecular complexity index is 239. The molecule has 0 saturated heterocycles. The minimum absolute atomic E-state index is 0.0892. The van der Waals surface area contributed by atoms with Crippen LogP contribution in [0.4, 0.5) is 0 Å². The third-order valence-electron chi connectivity index (χ3n) is 2.10. The molecule has 0 heterocycles. The summed E-state index contributed by atoms with van der Waals surface area (Å²) in [7, 11) is 0. The summed E-state index contributed by atoms with van der Waals surface area (Å²) in [5, 5.41) is 11.3. The third kappa shape index (κ3) is 6.06. The van der Waals surface area contributed by atoms with E-state index < -0.39 is 11.5 Å². The quantitative estimate of drug-likeness (QED) is 0.597. The van der Waals surface area contributed by atoms with Gasteiger partial charge in [0.05, 0.1) is 6.42 Å². The van der Waals surface area contributed by atoms with Crippen molar-refractivity contribution in [3.63, 3.8) is 0 Å². The van der Waals surface area contributed by atoms with Gasteiger partial charge in [-0.1, -0.05) is 6.92 Å². The van der Waals surface area contributed by atoms with Crippen LogP contribution in [-0.2, 0) is 9.59 Å². The maximum Gasteiger partial charge on any atom is 0.305 e. The van der Waals surface area contributed by atoms with E-state index >= 15 is 0 Å². The van der Waals surface area contributed by atoms with Crippen molar-refractivity contribution in [3.05, 3.63) is 0 Å². The summed E-state index contributed by atoms with van der Waals surface area (Å²) in [5.41, 5.74) is 4.62. The lowest BCUT2D eigenvalue weighted by molar-refractivity contribution is -0.138. The molecule has 0 saturated carbocycles. The van der Waals surface area contributed by atoms with Crippen molar-refractivity contribution in [1.82, 2.24) is 5.32 Å². The molecule has 0 bridgehead atoms. The standard InChI is InChI=1S/C10H20N2O3/c1-7(4-5-11)9(15)12-10(2,3)6-8(13)14/h7H,4-6,11H2,1-3H3,(H,12,15)(H,13,14). The van der Waals surface area contributed by atoms with Gasteiger partial charge in [-0.15, -0.1) is 0 Å². The Morgan fingerprint density at radius 2 is 2.00 bits per heavy atom. The number of aliphatic carboxylic acids is 1. The van der Waals surface area contributed by atoms with Gasteiger partial charge < -0.3 is 16.2 Å². The Kier molecular flexibility index (Phi) is 5.28. The molecule has 0 aromatic heterocycles. The molecule has 1 amide bonds. The van der Waals surface area contributed by atoms with Gasteiger partial charge in [-0.05, 0) is 26.8 Å². The van der Waals surface area contributed by atoms with Crippen LogP contribution >= 0.6 is 0 Å². The van der Waals surface area contributed by atoms with E-state index in [0.29, 0.717) is 13.0 Å². The Morgan fingerprint density at radius 1 is 1.47 bits per heavy atom. The normalized spacial score (nSPS) is 13.3. The average Bonchev–Trinajstić information content (AvgIpc) is 2.00. The predicted octanol–water partition coefficient (Wildman–Crippen LogP) is 0.341. The number of rotatable bonds is 6. The van der Waals surface area contributed by atoms with Crippen molar-refractivity contribution in [1.29, 1.82) is 0 Å². The van der Waals surface area contributed by atoms with E-state index in [1.807, 2.05) is 0 Å². The number of amides is 1. The number of hydrogen-bond acceptors (Lipinski definition) is 3. The van der Waals surface area contributed by atoms with Crippen LogP contribution < -0.4 is 11.1 Å². The summed E-state index contributed by atoms with van der Waals surface area (Å²) < 4.78 is 0. The minimum atomic E-state index is -0.924. The zero-order valence-electron chi connectivity index (χ0n) is 9.54. The molecule has 0 aromatic carbocycles. The molecule has 1 unspecified atom stereocenters. The largest absolute Gasteiger partial charge is 0.481 e. The van der Waals surface area contributed by atoms with E-state index in [9.17, 15) is 9.59 Å². The molecule has 4 N–H and O–H groups in total. The van der Waals surface area contributed by atoms with Crippen LogP contribution in [0.5, 0.6) is 0 Å². The molecule has 0 rings (SSSR count). The second kappa shape index (κ2) is 5.70. The number of hydrogen-bond donors (Lipinski definition) is 3.